The number of carbonyl (C=O) groups is 1. The molecule has 3 N–H and O–H groups in total. The van der Waals surface area contributed by atoms with Crippen LogP contribution in [0.3, 0.4) is 0 Å². The van der Waals surface area contributed by atoms with Gasteiger partial charge in [0.2, 0.25) is 0 Å². The molecule has 3 rings (SSSR count). The molecule has 0 fully saturated rings. The Balaban J connectivity index is 2.11. The summed E-state index contributed by atoms with van der Waals surface area (Å²) in [5, 5.41) is 11.8. The van der Waals surface area contributed by atoms with Crippen LogP contribution >= 0.6 is 0 Å². The van der Waals surface area contributed by atoms with E-state index in [1.165, 1.54) is 0 Å². The number of fused-ring (bicyclic) bond motifs is 1. The molecular weight excluding hydrogens is 298 g/mol. The number of carboxylic acid groups (broad SMARTS) is 1. The molecule has 0 aliphatic carbocycles. The molecule has 3 unspecified atom stereocenters. The molecule has 0 spiro atoms. The minimum absolute atomic E-state index is 0.0235. The van der Waals surface area contributed by atoms with Gasteiger partial charge < -0.3 is 10.8 Å². The number of hydrogen-bond acceptors (Lipinski definition) is 2. The fourth-order valence-corrected chi connectivity index (χ4v) is 3.48. The first-order valence-electron chi connectivity index (χ1n) is 8.10. The molecule has 0 bridgehead atoms. The molecule has 0 amide bonds. The zero-order valence-corrected chi connectivity index (χ0v) is 13.6. The highest BCUT2D eigenvalue weighted by Gasteiger charge is 2.32. The van der Waals surface area contributed by atoms with Crippen LogP contribution in [-0.2, 0) is 4.79 Å². The Labute approximate surface area is 141 Å². The molecule has 0 aliphatic rings. The zero-order valence-electron chi connectivity index (χ0n) is 13.6. The van der Waals surface area contributed by atoms with Crippen LogP contribution in [0.5, 0.6) is 0 Å². The van der Waals surface area contributed by atoms with Crippen molar-refractivity contribution in [3.8, 4) is 0 Å². The van der Waals surface area contributed by atoms with Crippen molar-refractivity contribution >= 4 is 16.7 Å². The van der Waals surface area contributed by atoms with E-state index in [-0.39, 0.29) is 11.8 Å². The van der Waals surface area contributed by atoms with Crippen molar-refractivity contribution in [3.05, 3.63) is 83.9 Å². The molecule has 3 atom stereocenters. The van der Waals surface area contributed by atoms with Gasteiger partial charge >= 0.3 is 5.97 Å². The third-order valence-corrected chi connectivity index (χ3v) is 4.71. The fraction of sp³-hybridized carbons (Fsp3) is 0.190. The van der Waals surface area contributed by atoms with E-state index in [1.54, 1.807) is 0 Å². The summed E-state index contributed by atoms with van der Waals surface area (Å²) in [6.07, 6.45) is 0. The number of nitrogens with two attached hydrogens (primary N) is 1. The van der Waals surface area contributed by atoms with E-state index < -0.39 is 12.0 Å². The molecule has 3 aromatic carbocycles. The van der Waals surface area contributed by atoms with Crippen LogP contribution in [-0.4, -0.2) is 17.1 Å². The SMILES string of the molecule is CC(c1cccc2ccccc12)C(c1ccccc1)C(N)C(=O)O. The Morgan fingerprint density at radius 3 is 2.25 bits per heavy atom. The van der Waals surface area contributed by atoms with E-state index in [4.69, 9.17) is 5.73 Å². The molecule has 0 saturated heterocycles. The average molecular weight is 319 g/mol. The number of rotatable bonds is 5. The van der Waals surface area contributed by atoms with E-state index in [9.17, 15) is 9.90 Å². The van der Waals surface area contributed by atoms with Crippen LogP contribution in [0.4, 0.5) is 0 Å². The lowest BCUT2D eigenvalue weighted by Crippen LogP contribution is -2.39. The van der Waals surface area contributed by atoms with Crippen LogP contribution in [0, 0.1) is 0 Å². The Hall–Kier alpha value is -2.65. The predicted octanol–water partition coefficient (Wildman–Crippen LogP) is 4.14. The van der Waals surface area contributed by atoms with E-state index in [0.717, 1.165) is 21.9 Å². The molecule has 0 radical (unpaired) electrons. The molecular formula is C21H21NO2. The zero-order chi connectivity index (χ0) is 17.1. The second kappa shape index (κ2) is 6.85. The molecule has 0 aliphatic heterocycles. The summed E-state index contributed by atoms with van der Waals surface area (Å²) >= 11 is 0. The number of carboxylic acids is 1. The maximum Gasteiger partial charge on any atom is 0.321 e. The van der Waals surface area contributed by atoms with Crippen molar-refractivity contribution < 1.29 is 9.90 Å². The first-order chi connectivity index (χ1) is 11.6. The largest absolute Gasteiger partial charge is 0.480 e. The maximum atomic E-state index is 11.6. The first-order valence-corrected chi connectivity index (χ1v) is 8.10. The van der Waals surface area contributed by atoms with Gasteiger partial charge in [-0.15, -0.1) is 0 Å². The van der Waals surface area contributed by atoms with Gasteiger partial charge in [-0.2, -0.15) is 0 Å². The number of benzene rings is 3. The predicted molar refractivity (Wildman–Crippen MR) is 97.2 cm³/mol. The monoisotopic (exact) mass is 319 g/mol. The highest BCUT2D eigenvalue weighted by atomic mass is 16.4. The molecule has 0 saturated carbocycles. The Morgan fingerprint density at radius 1 is 0.917 bits per heavy atom. The second-order valence-corrected chi connectivity index (χ2v) is 6.16. The standard InChI is InChI=1S/C21H21NO2/c1-14(17-13-7-11-15-8-5-6-12-18(15)17)19(20(22)21(23)24)16-9-3-2-4-10-16/h2-14,19-20H,22H2,1H3,(H,23,24). The lowest BCUT2D eigenvalue weighted by atomic mass is 9.77. The van der Waals surface area contributed by atoms with Crippen LogP contribution in [0.25, 0.3) is 10.8 Å². The van der Waals surface area contributed by atoms with Gasteiger partial charge in [0.05, 0.1) is 0 Å². The smallest absolute Gasteiger partial charge is 0.321 e. The van der Waals surface area contributed by atoms with Gasteiger partial charge in [0.1, 0.15) is 6.04 Å². The quantitative estimate of drug-likeness (QED) is 0.743. The third-order valence-electron chi connectivity index (χ3n) is 4.71. The fourth-order valence-electron chi connectivity index (χ4n) is 3.48. The Kier molecular flexibility index (Phi) is 4.63. The molecule has 3 nitrogen and oxygen atoms in total. The van der Waals surface area contributed by atoms with Gasteiger partial charge in [0, 0.05) is 5.92 Å². The van der Waals surface area contributed by atoms with Crippen molar-refractivity contribution in [2.75, 3.05) is 0 Å². The number of hydrogen-bond donors (Lipinski definition) is 2. The Morgan fingerprint density at radius 2 is 1.54 bits per heavy atom. The van der Waals surface area contributed by atoms with E-state index in [2.05, 4.69) is 31.2 Å². The lowest BCUT2D eigenvalue weighted by Gasteiger charge is -2.29. The molecule has 3 aromatic rings. The van der Waals surface area contributed by atoms with Crippen LogP contribution in [0.1, 0.15) is 29.9 Å². The van der Waals surface area contributed by atoms with Crippen molar-refractivity contribution in [1.82, 2.24) is 0 Å². The molecule has 24 heavy (non-hydrogen) atoms. The summed E-state index contributed by atoms with van der Waals surface area (Å²) in [6, 6.07) is 23.0. The highest BCUT2D eigenvalue weighted by molar-refractivity contribution is 5.86. The topological polar surface area (TPSA) is 63.3 Å². The first kappa shape index (κ1) is 16.2. The van der Waals surface area contributed by atoms with Crippen LogP contribution in [0.2, 0.25) is 0 Å². The summed E-state index contributed by atoms with van der Waals surface area (Å²) in [5.74, 6) is -1.30. The van der Waals surface area contributed by atoms with E-state index >= 15 is 0 Å². The molecule has 122 valence electrons. The van der Waals surface area contributed by atoms with Gasteiger partial charge in [-0.05, 0) is 27.8 Å². The molecule has 3 heteroatoms. The minimum atomic E-state index is -0.976. The Bertz CT molecular complexity index is 839. The summed E-state index contributed by atoms with van der Waals surface area (Å²) in [6.45, 7) is 2.06. The van der Waals surface area contributed by atoms with Gasteiger partial charge in [0.25, 0.3) is 0 Å². The van der Waals surface area contributed by atoms with Crippen molar-refractivity contribution in [1.29, 1.82) is 0 Å². The van der Waals surface area contributed by atoms with Gasteiger partial charge in [-0.3, -0.25) is 4.79 Å². The number of aliphatic carboxylic acids is 1. The minimum Gasteiger partial charge on any atom is -0.480 e. The van der Waals surface area contributed by atoms with Crippen molar-refractivity contribution in [2.45, 2.75) is 24.8 Å². The van der Waals surface area contributed by atoms with Crippen LogP contribution < -0.4 is 5.73 Å². The van der Waals surface area contributed by atoms with Crippen molar-refractivity contribution in [3.63, 3.8) is 0 Å². The lowest BCUT2D eigenvalue weighted by molar-refractivity contribution is -0.139. The van der Waals surface area contributed by atoms with Gasteiger partial charge in [-0.1, -0.05) is 79.7 Å². The summed E-state index contributed by atoms with van der Waals surface area (Å²) in [4.78, 5) is 11.6. The molecule has 0 aromatic heterocycles. The van der Waals surface area contributed by atoms with Gasteiger partial charge in [0.15, 0.2) is 0 Å². The summed E-state index contributed by atoms with van der Waals surface area (Å²) in [5.41, 5.74) is 8.15. The van der Waals surface area contributed by atoms with Gasteiger partial charge in [-0.25, -0.2) is 0 Å². The second-order valence-electron chi connectivity index (χ2n) is 6.16. The summed E-state index contributed by atoms with van der Waals surface area (Å²) < 4.78 is 0. The normalized spacial score (nSPS) is 14.9. The van der Waals surface area contributed by atoms with Crippen molar-refractivity contribution in [2.24, 2.45) is 5.73 Å². The average Bonchev–Trinajstić information content (AvgIpc) is 2.62. The van der Waals surface area contributed by atoms with Crippen LogP contribution in [0.15, 0.2) is 72.8 Å². The molecule has 0 heterocycles. The van der Waals surface area contributed by atoms with E-state index in [0.29, 0.717) is 0 Å². The maximum absolute atomic E-state index is 11.6. The van der Waals surface area contributed by atoms with E-state index in [1.807, 2.05) is 48.5 Å². The third kappa shape index (κ3) is 3.03. The summed E-state index contributed by atoms with van der Waals surface area (Å²) in [7, 11) is 0. The highest BCUT2D eigenvalue weighted by Crippen LogP contribution is 2.37.